The van der Waals surface area contributed by atoms with Crippen molar-refractivity contribution in [3.63, 3.8) is 0 Å². The highest BCUT2D eigenvalue weighted by Crippen LogP contribution is 2.25. The van der Waals surface area contributed by atoms with Gasteiger partial charge >= 0.3 is 0 Å². The smallest absolute Gasteiger partial charge is 0.272 e. The van der Waals surface area contributed by atoms with Crippen molar-refractivity contribution in [2.24, 2.45) is 0 Å². The Bertz CT molecular complexity index is 1310. The van der Waals surface area contributed by atoms with Gasteiger partial charge in [0.05, 0.1) is 10.6 Å². The number of hydrogen-bond donors (Lipinski definition) is 3. The minimum absolute atomic E-state index is 0.107. The summed E-state index contributed by atoms with van der Waals surface area (Å²) >= 11 is 0. The van der Waals surface area contributed by atoms with E-state index >= 15 is 0 Å². The molecule has 0 unspecified atom stereocenters. The minimum atomic E-state index is -4.09. The maximum absolute atomic E-state index is 13.3. The van der Waals surface area contributed by atoms with Crippen LogP contribution in [-0.2, 0) is 10.0 Å². The van der Waals surface area contributed by atoms with Crippen molar-refractivity contribution < 1.29 is 17.2 Å². The average molecular weight is 375 g/mol. The molecule has 0 aliphatic carbocycles. The average Bonchev–Trinajstić information content (AvgIpc) is 3.03. The summed E-state index contributed by atoms with van der Waals surface area (Å²) in [6, 6.07) is 8.22. The fourth-order valence-corrected chi connectivity index (χ4v) is 3.88. The molecule has 2 heterocycles. The third-order valence-corrected chi connectivity index (χ3v) is 5.31. The number of nitrogens with one attached hydrogen (secondary N) is 3. The van der Waals surface area contributed by atoms with E-state index in [1.54, 1.807) is 12.3 Å². The highest BCUT2D eigenvalue weighted by Gasteiger charge is 2.17. The fraction of sp³-hybridized carbons (Fsp3) is 0. The molecular weight excluding hydrogens is 364 g/mol. The van der Waals surface area contributed by atoms with Crippen molar-refractivity contribution in [2.75, 3.05) is 4.72 Å². The van der Waals surface area contributed by atoms with Gasteiger partial charge in [0.15, 0.2) is 0 Å². The van der Waals surface area contributed by atoms with Gasteiger partial charge in [-0.3, -0.25) is 9.52 Å². The van der Waals surface area contributed by atoms with Crippen LogP contribution in [-0.4, -0.2) is 18.4 Å². The highest BCUT2D eigenvalue weighted by molar-refractivity contribution is 7.92. The second-order valence-corrected chi connectivity index (χ2v) is 7.37. The van der Waals surface area contributed by atoms with E-state index in [-0.39, 0.29) is 16.1 Å². The topological polar surface area (TPSA) is 94.8 Å². The van der Waals surface area contributed by atoms with Crippen LogP contribution in [0.1, 0.15) is 0 Å². The Hall–Kier alpha value is -3.20. The Balaban J connectivity index is 1.84. The van der Waals surface area contributed by atoms with Crippen LogP contribution in [0.3, 0.4) is 0 Å². The van der Waals surface area contributed by atoms with Gasteiger partial charge in [-0.05, 0) is 36.4 Å². The molecule has 0 aliphatic heterocycles. The van der Waals surface area contributed by atoms with Gasteiger partial charge in [0.2, 0.25) is 0 Å². The number of hydrogen-bond acceptors (Lipinski definition) is 3. The molecule has 0 saturated carbocycles. The molecule has 0 radical (unpaired) electrons. The van der Waals surface area contributed by atoms with Crippen LogP contribution in [0, 0.1) is 11.6 Å². The van der Waals surface area contributed by atoms with Crippen molar-refractivity contribution in [3.05, 3.63) is 70.6 Å². The zero-order chi connectivity index (χ0) is 18.5. The molecule has 0 fully saturated rings. The number of aromatic amines is 2. The van der Waals surface area contributed by atoms with Gasteiger partial charge in [-0.25, -0.2) is 17.2 Å². The maximum atomic E-state index is 13.3. The van der Waals surface area contributed by atoms with Crippen molar-refractivity contribution in [3.8, 4) is 0 Å². The molecule has 26 heavy (non-hydrogen) atoms. The molecule has 6 nitrogen and oxygen atoms in total. The van der Waals surface area contributed by atoms with Crippen LogP contribution >= 0.6 is 0 Å². The third kappa shape index (κ3) is 2.72. The van der Waals surface area contributed by atoms with E-state index in [4.69, 9.17) is 0 Å². The van der Waals surface area contributed by atoms with Gasteiger partial charge in [0.25, 0.3) is 15.6 Å². The van der Waals surface area contributed by atoms with Gasteiger partial charge in [-0.2, -0.15) is 0 Å². The molecule has 2 aromatic carbocycles. The summed E-state index contributed by atoms with van der Waals surface area (Å²) in [6.07, 6.45) is 1.58. The van der Waals surface area contributed by atoms with E-state index in [2.05, 4.69) is 14.7 Å². The lowest BCUT2D eigenvalue weighted by atomic mass is 10.1. The summed E-state index contributed by atoms with van der Waals surface area (Å²) in [5.74, 6) is -1.79. The Morgan fingerprint density at radius 3 is 2.38 bits per heavy atom. The SMILES string of the molecule is O=c1[nH]c2ccc(S(=O)(=O)Nc3cc(F)cc(F)c3)cc2c2cc[nH]c12. The van der Waals surface area contributed by atoms with Crippen molar-refractivity contribution >= 4 is 37.5 Å². The standard InChI is InChI=1S/C17H11F2N3O3S/c18-9-5-10(19)7-11(6-9)22-26(24,25)12-1-2-15-14(8-12)13-3-4-20-16(13)17(23)21-15/h1-8,20,22H,(H,21,23). The first-order valence-electron chi connectivity index (χ1n) is 7.45. The Morgan fingerprint density at radius 1 is 0.923 bits per heavy atom. The Labute approximate surface area is 145 Å². The highest BCUT2D eigenvalue weighted by atomic mass is 32.2. The lowest BCUT2D eigenvalue weighted by molar-refractivity contribution is 0.584. The molecule has 132 valence electrons. The van der Waals surface area contributed by atoms with Crippen LogP contribution in [0.15, 0.2) is 58.4 Å². The summed E-state index contributed by atoms with van der Waals surface area (Å²) in [5.41, 5.74) is 0.252. The number of pyridine rings is 1. The van der Waals surface area contributed by atoms with Crippen LogP contribution in [0.2, 0.25) is 0 Å². The maximum Gasteiger partial charge on any atom is 0.272 e. The summed E-state index contributed by atoms with van der Waals surface area (Å²) in [7, 11) is -4.09. The number of aromatic nitrogens is 2. The quantitative estimate of drug-likeness (QED) is 0.514. The second-order valence-electron chi connectivity index (χ2n) is 5.69. The molecule has 4 aromatic rings. The first kappa shape index (κ1) is 16.3. The zero-order valence-electron chi connectivity index (χ0n) is 13.0. The first-order chi connectivity index (χ1) is 12.3. The number of anilines is 1. The number of rotatable bonds is 3. The lowest BCUT2D eigenvalue weighted by Crippen LogP contribution is -2.13. The molecule has 0 saturated heterocycles. The first-order valence-corrected chi connectivity index (χ1v) is 8.94. The van der Waals surface area contributed by atoms with E-state index in [9.17, 15) is 22.0 Å². The van der Waals surface area contributed by atoms with Crippen molar-refractivity contribution in [1.29, 1.82) is 0 Å². The molecule has 9 heteroatoms. The van der Waals surface area contributed by atoms with Crippen LogP contribution in [0.25, 0.3) is 21.8 Å². The normalized spacial score (nSPS) is 11.9. The third-order valence-electron chi connectivity index (χ3n) is 3.93. The van der Waals surface area contributed by atoms with Gasteiger partial charge in [0, 0.05) is 28.6 Å². The fourth-order valence-electron chi connectivity index (χ4n) is 2.82. The molecular formula is C17H11F2N3O3S. The van der Waals surface area contributed by atoms with E-state index in [0.29, 0.717) is 27.9 Å². The van der Waals surface area contributed by atoms with E-state index in [0.717, 1.165) is 12.1 Å². The predicted octanol–water partition coefficient (Wildman–Crippen LogP) is 3.09. The Kier molecular flexibility index (Phi) is 3.55. The van der Waals surface area contributed by atoms with E-state index in [1.165, 1.54) is 18.2 Å². The lowest BCUT2D eigenvalue weighted by Gasteiger charge is -2.10. The molecule has 4 rings (SSSR count). The van der Waals surface area contributed by atoms with Crippen molar-refractivity contribution in [1.82, 2.24) is 9.97 Å². The van der Waals surface area contributed by atoms with E-state index < -0.39 is 21.7 Å². The molecule has 2 aromatic heterocycles. The summed E-state index contributed by atoms with van der Waals surface area (Å²) in [6.45, 7) is 0. The molecule has 0 spiro atoms. The summed E-state index contributed by atoms with van der Waals surface area (Å²) in [4.78, 5) is 17.3. The van der Waals surface area contributed by atoms with Gasteiger partial charge in [0.1, 0.15) is 17.2 Å². The zero-order valence-corrected chi connectivity index (χ0v) is 13.8. The van der Waals surface area contributed by atoms with Crippen molar-refractivity contribution in [2.45, 2.75) is 4.90 Å². The largest absolute Gasteiger partial charge is 0.357 e. The number of fused-ring (bicyclic) bond motifs is 3. The van der Waals surface area contributed by atoms with Gasteiger partial charge < -0.3 is 9.97 Å². The van der Waals surface area contributed by atoms with Crippen LogP contribution in [0.5, 0.6) is 0 Å². The second kappa shape index (κ2) is 5.67. The molecule has 3 N–H and O–H groups in total. The van der Waals surface area contributed by atoms with Gasteiger partial charge in [-0.1, -0.05) is 0 Å². The van der Waals surface area contributed by atoms with Gasteiger partial charge in [-0.15, -0.1) is 0 Å². The van der Waals surface area contributed by atoms with E-state index in [1.807, 2.05) is 0 Å². The number of benzene rings is 2. The predicted molar refractivity (Wildman–Crippen MR) is 93.6 cm³/mol. The van der Waals surface area contributed by atoms with Crippen LogP contribution < -0.4 is 10.3 Å². The molecule has 0 amide bonds. The molecule has 0 bridgehead atoms. The monoisotopic (exact) mass is 375 g/mol. The number of halogens is 2. The Morgan fingerprint density at radius 2 is 1.65 bits per heavy atom. The molecule has 0 atom stereocenters. The summed E-state index contributed by atoms with van der Waals surface area (Å²) < 4.78 is 53.9. The molecule has 0 aliphatic rings. The minimum Gasteiger partial charge on any atom is -0.357 e. The summed E-state index contributed by atoms with van der Waals surface area (Å²) in [5, 5.41) is 1.09. The van der Waals surface area contributed by atoms with Crippen LogP contribution in [0.4, 0.5) is 14.5 Å². The number of sulfonamides is 1. The number of H-pyrrole nitrogens is 2.